The number of aromatic nitrogens is 1. The molecule has 3 atom stereocenters. The van der Waals surface area contributed by atoms with Crippen molar-refractivity contribution in [2.24, 2.45) is 5.92 Å². The van der Waals surface area contributed by atoms with E-state index in [0.29, 0.717) is 25.7 Å². The van der Waals surface area contributed by atoms with Gasteiger partial charge in [-0.3, -0.25) is 9.78 Å². The number of esters is 1. The van der Waals surface area contributed by atoms with Crippen molar-refractivity contribution in [1.82, 2.24) is 10.3 Å². The van der Waals surface area contributed by atoms with Gasteiger partial charge in [0, 0.05) is 17.7 Å². The molecule has 0 saturated heterocycles. The topological polar surface area (TPSA) is 94.6 Å². The molecule has 0 radical (unpaired) electrons. The molecule has 1 heterocycles. The van der Waals surface area contributed by atoms with E-state index < -0.39 is 29.6 Å². The van der Waals surface area contributed by atoms with Crippen molar-refractivity contribution in [1.29, 1.82) is 0 Å². The summed E-state index contributed by atoms with van der Waals surface area (Å²) >= 11 is 0. The summed E-state index contributed by atoms with van der Waals surface area (Å²) in [6, 6.07) is 9.33. The van der Waals surface area contributed by atoms with E-state index in [2.05, 4.69) is 23.3 Å². The Bertz CT molecular complexity index is 1040. The SMILES string of the molecule is CCCC(/C=C/c1ccc2ccc(CC)nc2c1)(OCC)C(=O)OC(C(=O)NC(C)C=O)C(C)C. The Morgan fingerprint density at radius 1 is 1.11 bits per heavy atom. The first-order chi connectivity index (χ1) is 16.7. The van der Waals surface area contributed by atoms with E-state index in [-0.39, 0.29) is 5.92 Å². The molecule has 0 aliphatic carbocycles. The van der Waals surface area contributed by atoms with Crippen LogP contribution >= 0.6 is 0 Å². The highest BCUT2D eigenvalue weighted by atomic mass is 16.6. The van der Waals surface area contributed by atoms with Gasteiger partial charge in [-0.25, -0.2) is 4.79 Å². The number of aryl methyl sites for hydroxylation is 1. The minimum atomic E-state index is -1.35. The minimum absolute atomic E-state index is 0.290. The summed E-state index contributed by atoms with van der Waals surface area (Å²) in [7, 11) is 0. The lowest BCUT2D eigenvalue weighted by Gasteiger charge is -2.31. The fourth-order valence-corrected chi connectivity index (χ4v) is 3.82. The zero-order valence-electron chi connectivity index (χ0n) is 21.7. The number of fused-ring (bicyclic) bond motifs is 1. The molecular formula is C28H38N2O5. The molecule has 3 unspecified atom stereocenters. The highest BCUT2D eigenvalue weighted by molar-refractivity contribution is 5.89. The van der Waals surface area contributed by atoms with Gasteiger partial charge in [0.15, 0.2) is 11.7 Å². The van der Waals surface area contributed by atoms with Crippen LogP contribution in [0, 0.1) is 5.92 Å². The molecule has 0 bridgehead atoms. The van der Waals surface area contributed by atoms with Crippen LogP contribution in [0.2, 0.25) is 0 Å². The monoisotopic (exact) mass is 482 g/mol. The summed E-state index contributed by atoms with van der Waals surface area (Å²) in [5.74, 6) is -1.43. The molecule has 0 saturated carbocycles. The number of hydrogen-bond donors (Lipinski definition) is 1. The average molecular weight is 483 g/mol. The number of hydrogen-bond acceptors (Lipinski definition) is 6. The number of nitrogens with one attached hydrogen (secondary N) is 1. The van der Waals surface area contributed by atoms with Crippen LogP contribution < -0.4 is 5.32 Å². The van der Waals surface area contributed by atoms with Gasteiger partial charge >= 0.3 is 5.97 Å². The molecule has 1 aromatic heterocycles. The smallest absolute Gasteiger partial charge is 0.343 e. The van der Waals surface area contributed by atoms with Crippen molar-refractivity contribution < 1.29 is 23.9 Å². The van der Waals surface area contributed by atoms with Gasteiger partial charge < -0.3 is 19.6 Å². The average Bonchev–Trinajstić information content (AvgIpc) is 2.84. The Kier molecular flexibility index (Phi) is 10.6. The lowest BCUT2D eigenvalue weighted by Crippen LogP contribution is -2.49. The summed E-state index contributed by atoms with van der Waals surface area (Å²) in [6.07, 6.45) is 5.04. The van der Waals surface area contributed by atoms with E-state index in [1.54, 1.807) is 26.8 Å². The molecule has 0 aliphatic heterocycles. The number of carbonyl (C=O) groups is 3. The van der Waals surface area contributed by atoms with Crippen molar-refractivity contribution in [2.75, 3.05) is 6.61 Å². The van der Waals surface area contributed by atoms with Crippen LogP contribution in [0.15, 0.2) is 36.4 Å². The van der Waals surface area contributed by atoms with E-state index in [1.807, 2.05) is 44.2 Å². The molecule has 2 rings (SSSR count). The van der Waals surface area contributed by atoms with Gasteiger partial charge in [0.25, 0.3) is 5.91 Å². The van der Waals surface area contributed by atoms with Crippen LogP contribution in [0.3, 0.4) is 0 Å². The molecule has 0 spiro atoms. The standard InChI is InChI=1S/C28H38N2O5/c1-7-15-28(34-9-3,27(33)35-25(19(4)5)26(32)29-20(6)18-31)16-14-21-10-11-22-12-13-23(8-2)30-24(22)17-21/h10-14,16-20,25H,7-9,15H2,1-6H3,(H,29,32)/b16-14+. The third kappa shape index (κ3) is 7.46. The maximum atomic E-state index is 13.5. The molecule has 2 aromatic rings. The minimum Gasteiger partial charge on any atom is -0.450 e. The third-order valence-corrected chi connectivity index (χ3v) is 5.72. The summed E-state index contributed by atoms with van der Waals surface area (Å²) in [5.41, 5.74) is 1.43. The van der Waals surface area contributed by atoms with Crippen molar-refractivity contribution in [3.8, 4) is 0 Å². The van der Waals surface area contributed by atoms with E-state index in [9.17, 15) is 14.4 Å². The third-order valence-electron chi connectivity index (χ3n) is 5.72. The van der Waals surface area contributed by atoms with Gasteiger partial charge in [0.1, 0.15) is 6.29 Å². The van der Waals surface area contributed by atoms with Crippen LogP contribution in [0.5, 0.6) is 0 Å². The Labute approximate surface area is 208 Å². The molecule has 1 N–H and O–H groups in total. The Balaban J connectivity index is 2.38. The van der Waals surface area contributed by atoms with Crippen molar-refractivity contribution in [3.05, 3.63) is 47.7 Å². The molecular weight excluding hydrogens is 444 g/mol. The molecule has 35 heavy (non-hydrogen) atoms. The Morgan fingerprint density at radius 2 is 1.83 bits per heavy atom. The predicted octanol–water partition coefficient (Wildman–Crippen LogP) is 4.66. The molecule has 0 aliphatic rings. The van der Waals surface area contributed by atoms with Gasteiger partial charge in [-0.2, -0.15) is 0 Å². The second-order valence-electron chi connectivity index (χ2n) is 9.02. The number of carbonyl (C=O) groups excluding carboxylic acids is 3. The second-order valence-corrected chi connectivity index (χ2v) is 9.02. The largest absolute Gasteiger partial charge is 0.450 e. The molecule has 0 fully saturated rings. The molecule has 7 nitrogen and oxygen atoms in total. The quantitative estimate of drug-likeness (QED) is 0.330. The van der Waals surface area contributed by atoms with Crippen molar-refractivity contribution in [3.63, 3.8) is 0 Å². The number of pyridine rings is 1. The molecule has 7 heteroatoms. The Morgan fingerprint density at radius 3 is 2.43 bits per heavy atom. The zero-order valence-corrected chi connectivity index (χ0v) is 21.7. The molecule has 1 aromatic carbocycles. The van der Waals surface area contributed by atoms with Crippen LogP contribution in [-0.4, -0.2) is 47.5 Å². The normalized spacial score (nSPS) is 15.1. The highest BCUT2D eigenvalue weighted by Crippen LogP contribution is 2.26. The number of nitrogens with zero attached hydrogens (tertiary/aromatic N) is 1. The number of rotatable bonds is 13. The summed E-state index contributed by atoms with van der Waals surface area (Å²) < 4.78 is 11.7. The van der Waals surface area contributed by atoms with Gasteiger partial charge in [-0.05, 0) is 56.4 Å². The van der Waals surface area contributed by atoms with Crippen LogP contribution in [0.1, 0.15) is 65.6 Å². The predicted molar refractivity (Wildman–Crippen MR) is 138 cm³/mol. The summed E-state index contributed by atoms with van der Waals surface area (Å²) in [5, 5.41) is 3.61. The van der Waals surface area contributed by atoms with Gasteiger partial charge in [-0.15, -0.1) is 0 Å². The van der Waals surface area contributed by atoms with Gasteiger partial charge in [0.2, 0.25) is 0 Å². The number of aldehydes is 1. The first-order valence-electron chi connectivity index (χ1n) is 12.4. The van der Waals surface area contributed by atoms with E-state index in [1.165, 1.54) is 0 Å². The van der Waals surface area contributed by atoms with Crippen LogP contribution in [-0.2, 0) is 30.3 Å². The summed E-state index contributed by atoms with van der Waals surface area (Å²) in [6.45, 7) is 11.3. The lowest BCUT2D eigenvalue weighted by atomic mass is 9.95. The first-order valence-corrected chi connectivity index (χ1v) is 12.4. The fourth-order valence-electron chi connectivity index (χ4n) is 3.82. The van der Waals surface area contributed by atoms with E-state index in [4.69, 9.17) is 9.47 Å². The van der Waals surface area contributed by atoms with Crippen LogP contribution in [0.25, 0.3) is 17.0 Å². The zero-order chi connectivity index (χ0) is 26.0. The number of ether oxygens (including phenoxy) is 2. The first kappa shape index (κ1) is 28.2. The Hall–Kier alpha value is -3.06. The molecule has 1 amide bonds. The van der Waals surface area contributed by atoms with Crippen LogP contribution in [0.4, 0.5) is 0 Å². The highest BCUT2D eigenvalue weighted by Gasteiger charge is 2.41. The van der Waals surface area contributed by atoms with Gasteiger partial charge in [0.05, 0.1) is 11.6 Å². The van der Waals surface area contributed by atoms with E-state index in [0.717, 1.165) is 28.6 Å². The second kappa shape index (κ2) is 13.1. The molecule has 190 valence electrons. The van der Waals surface area contributed by atoms with Gasteiger partial charge in [-0.1, -0.05) is 58.4 Å². The number of benzene rings is 1. The fraction of sp³-hybridized carbons (Fsp3) is 0.500. The van der Waals surface area contributed by atoms with E-state index >= 15 is 0 Å². The lowest BCUT2D eigenvalue weighted by molar-refractivity contribution is -0.177. The van der Waals surface area contributed by atoms with Crippen molar-refractivity contribution in [2.45, 2.75) is 78.6 Å². The maximum Gasteiger partial charge on any atom is 0.343 e. The number of amides is 1. The van der Waals surface area contributed by atoms with Crippen molar-refractivity contribution >= 4 is 35.1 Å². The maximum absolute atomic E-state index is 13.5. The summed E-state index contributed by atoms with van der Waals surface area (Å²) in [4.78, 5) is 41.8.